The molecule has 0 fully saturated rings. The molecule has 2 N–H and O–H groups in total. The van der Waals surface area contributed by atoms with Crippen LogP contribution in [0.3, 0.4) is 0 Å². The number of hydrogen-bond donors (Lipinski definition) is 2. The van der Waals surface area contributed by atoms with E-state index >= 15 is 0 Å². The van der Waals surface area contributed by atoms with Crippen molar-refractivity contribution >= 4 is 17.5 Å². The summed E-state index contributed by atoms with van der Waals surface area (Å²) in [5.41, 5.74) is 6.31. The third-order valence-corrected chi connectivity index (χ3v) is 3.49. The zero-order valence-corrected chi connectivity index (χ0v) is 11.5. The first kappa shape index (κ1) is 14.9. The molecule has 0 aliphatic rings. The Kier molecular flexibility index (Phi) is 6.48. The Morgan fingerprint density at radius 3 is 2.27 bits per heavy atom. The van der Waals surface area contributed by atoms with Gasteiger partial charge >= 0.3 is 0 Å². The van der Waals surface area contributed by atoms with E-state index in [0.717, 1.165) is 0 Å². The zero-order chi connectivity index (χ0) is 12.1. The summed E-state index contributed by atoms with van der Waals surface area (Å²) < 4.78 is 0. The van der Waals surface area contributed by atoms with Crippen LogP contribution in [-0.4, -0.2) is 23.5 Å². The van der Waals surface area contributed by atoms with Gasteiger partial charge in [-0.15, -0.1) is 11.8 Å². The van der Waals surface area contributed by atoms with Gasteiger partial charge in [-0.2, -0.15) is 0 Å². The van der Waals surface area contributed by atoms with Crippen LogP contribution in [0.25, 0.3) is 0 Å². The van der Waals surface area contributed by atoms with Gasteiger partial charge in [0.2, 0.25) is 0 Å². The van der Waals surface area contributed by atoms with Crippen molar-refractivity contribution in [1.29, 1.82) is 0 Å². The number of nitrogens with one attached hydrogen (secondary N) is 2. The summed E-state index contributed by atoms with van der Waals surface area (Å²) in [7, 11) is 0. The van der Waals surface area contributed by atoms with Crippen LogP contribution in [0.5, 0.6) is 0 Å². The fraction of sp³-hybridized carbons (Fsp3) is 0.909. The van der Waals surface area contributed by atoms with E-state index in [-0.39, 0.29) is 16.7 Å². The quantitative estimate of drug-likeness (QED) is 0.521. The van der Waals surface area contributed by atoms with Gasteiger partial charge in [0.05, 0.1) is 4.87 Å². The van der Waals surface area contributed by atoms with Gasteiger partial charge in [-0.05, 0) is 20.1 Å². The topological polar surface area (TPSA) is 41.1 Å². The summed E-state index contributed by atoms with van der Waals surface area (Å²) in [5, 5.41) is 0. The highest BCUT2D eigenvalue weighted by Gasteiger charge is 2.18. The Morgan fingerprint density at radius 2 is 1.87 bits per heavy atom. The van der Waals surface area contributed by atoms with Crippen LogP contribution < -0.4 is 10.9 Å². The van der Waals surface area contributed by atoms with Crippen molar-refractivity contribution in [1.82, 2.24) is 10.9 Å². The molecule has 0 amide bonds. The van der Waals surface area contributed by atoms with E-state index in [4.69, 9.17) is 0 Å². The molecule has 0 aromatic heterocycles. The number of ketones is 1. The molecule has 15 heavy (non-hydrogen) atoms. The Bertz CT molecular complexity index is 205. The molecule has 0 saturated heterocycles. The smallest absolute Gasteiger partial charge is 0.139 e. The minimum Gasteiger partial charge on any atom is -0.299 e. The van der Waals surface area contributed by atoms with Crippen molar-refractivity contribution in [3.05, 3.63) is 0 Å². The maximum Gasteiger partial charge on any atom is 0.139 e. The molecule has 0 aliphatic heterocycles. The molecule has 3 nitrogen and oxygen atoms in total. The van der Waals surface area contributed by atoms with Gasteiger partial charge in [0.15, 0.2) is 0 Å². The standard InChI is InChI=1S/C11H24N2OS/c1-8(2)10(14)9(3)7-12-13-11(4,5)15-6/h8-9,12-13H,7H2,1-6H3. The van der Waals surface area contributed by atoms with E-state index in [1.165, 1.54) is 0 Å². The summed E-state index contributed by atoms with van der Waals surface area (Å²) >= 11 is 1.73. The molecule has 0 bridgehead atoms. The van der Waals surface area contributed by atoms with Crippen molar-refractivity contribution < 1.29 is 4.79 Å². The molecule has 0 saturated carbocycles. The molecule has 0 aromatic carbocycles. The third-order valence-electron chi connectivity index (χ3n) is 2.36. The van der Waals surface area contributed by atoms with Crippen LogP contribution in [0.1, 0.15) is 34.6 Å². The molecule has 0 aliphatic carbocycles. The minimum absolute atomic E-state index is 0.000594. The zero-order valence-electron chi connectivity index (χ0n) is 10.7. The molecule has 4 heteroatoms. The first-order valence-electron chi connectivity index (χ1n) is 5.39. The molecule has 0 rings (SSSR count). The van der Waals surface area contributed by atoms with Crippen LogP contribution in [0.2, 0.25) is 0 Å². The van der Waals surface area contributed by atoms with Crippen LogP contribution in [0.15, 0.2) is 0 Å². The molecule has 0 aromatic rings. The van der Waals surface area contributed by atoms with Gasteiger partial charge in [0.1, 0.15) is 5.78 Å². The van der Waals surface area contributed by atoms with E-state index in [2.05, 4.69) is 31.0 Å². The lowest BCUT2D eigenvalue weighted by molar-refractivity contribution is -0.125. The highest BCUT2D eigenvalue weighted by molar-refractivity contribution is 7.99. The van der Waals surface area contributed by atoms with Crippen LogP contribution in [0, 0.1) is 11.8 Å². The molecule has 1 atom stereocenters. The van der Waals surface area contributed by atoms with Crippen LogP contribution in [-0.2, 0) is 4.79 Å². The summed E-state index contributed by atoms with van der Waals surface area (Å²) in [6.07, 6.45) is 2.05. The number of Topliss-reactive ketones (excluding diaryl/α,β-unsaturated/α-hetero) is 1. The first-order chi connectivity index (χ1) is 6.80. The fourth-order valence-electron chi connectivity index (χ4n) is 1.14. The van der Waals surface area contributed by atoms with Crippen molar-refractivity contribution in [2.24, 2.45) is 11.8 Å². The monoisotopic (exact) mass is 232 g/mol. The Morgan fingerprint density at radius 1 is 1.33 bits per heavy atom. The van der Waals surface area contributed by atoms with Crippen molar-refractivity contribution in [2.45, 2.75) is 39.5 Å². The highest BCUT2D eigenvalue weighted by atomic mass is 32.2. The van der Waals surface area contributed by atoms with Gasteiger partial charge < -0.3 is 0 Å². The fourth-order valence-corrected chi connectivity index (χ4v) is 1.31. The maximum atomic E-state index is 11.6. The predicted molar refractivity (Wildman–Crippen MR) is 67.7 cm³/mol. The molecular weight excluding hydrogens is 208 g/mol. The number of thioether (sulfide) groups is 1. The van der Waals surface area contributed by atoms with Gasteiger partial charge in [0, 0.05) is 18.4 Å². The summed E-state index contributed by atoms with van der Waals surface area (Å²) in [4.78, 5) is 11.6. The Balaban J connectivity index is 3.82. The largest absolute Gasteiger partial charge is 0.299 e. The Hall–Kier alpha value is -0.0600. The second kappa shape index (κ2) is 6.51. The van der Waals surface area contributed by atoms with E-state index in [1.54, 1.807) is 11.8 Å². The molecule has 0 heterocycles. The lowest BCUT2D eigenvalue weighted by Gasteiger charge is -2.25. The van der Waals surface area contributed by atoms with E-state index in [1.807, 2.05) is 20.8 Å². The van der Waals surface area contributed by atoms with E-state index in [0.29, 0.717) is 12.3 Å². The lowest BCUT2D eigenvalue weighted by atomic mass is 9.97. The lowest BCUT2D eigenvalue weighted by Crippen LogP contribution is -2.48. The Labute approximate surface area is 97.7 Å². The summed E-state index contributed by atoms with van der Waals surface area (Å²) in [6.45, 7) is 10.7. The second-order valence-corrected chi connectivity index (χ2v) is 6.11. The molecule has 0 radical (unpaired) electrons. The maximum absolute atomic E-state index is 11.6. The number of rotatable bonds is 7. The first-order valence-corrected chi connectivity index (χ1v) is 6.61. The SMILES string of the molecule is CSC(C)(C)NNCC(C)C(=O)C(C)C. The number of carbonyl (C=O) groups is 1. The van der Waals surface area contributed by atoms with Crippen molar-refractivity contribution in [2.75, 3.05) is 12.8 Å². The summed E-state index contributed by atoms with van der Waals surface area (Å²) in [6, 6.07) is 0. The van der Waals surface area contributed by atoms with Gasteiger partial charge in [-0.3, -0.25) is 10.2 Å². The van der Waals surface area contributed by atoms with Crippen molar-refractivity contribution in [3.8, 4) is 0 Å². The van der Waals surface area contributed by atoms with Crippen LogP contribution in [0.4, 0.5) is 0 Å². The van der Waals surface area contributed by atoms with E-state index < -0.39 is 0 Å². The van der Waals surface area contributed by atoms with Crippen molar-refractivity contribution in [3.63, 3.8) is 0 Å². The predicted octanol–water partition coefficient (Wildman–Crippen LogP) is 2.04. The summed E-state index contributed by atoms with van der Waals surface area (Å²) in [5.74, 6) is 0.497. The molecule has 1 unspecified atom stereocenters. The number of hydrogen-bond acceptors (Lipinski definition) is 4. The minimum atomic E-state index is 0.000594. The second-order valence-electron chi connectivity index (χ2n) is 4.68. The average molecular weight is 232 g/mol. The van der Waals surface area contributed by atoms with Gasteiger partial charge in [-0.1, -0.05) is 20.8 Å². The highest BCUT2D eigenvalue weighted by Crippen LogP contribution is 2.15. The van der Waals surface area contributed by atoms with Gasteiger partial charge in [-0.25, -0.2) is 5.43 Å². The van der Waals surface area contributed by atoms with Crippen LogP contribution >= 0.6 is 11.8 Å². The molecule has 0 spiro atoms. The van der Waals surface area contributed by atoms with E-state index in [9.17, 15) is 4.79 Å². The average Bonchev–Trinajstić information content (AvgIpc) is 2.16. The third kappa shape index (κ3) is 6.17. The normalized spacial score (nSPS) is 14.3. The molecular formula is C11H24N2OS. The molecule has 90 valence electrons. The number of carbonyl (C=O) groups excluding carboxylic acids is 1. The van der Waals surface area contributed by atoms with Gasteiger partial charge in [0.25, 0.3) is 0 Å². The number of hydrazine groups is 1.